The average Bonchev–Trinajstić information content (AvgIpc) is 3.24. The topological polar surface area (TPSA) is 62.3 Å². The van der Waals surface area contributed by atoms with Crippen LogP contribution >= 0.6 is 11.3 Å². The van der Waals surface area contributed by atoms with E-state index in [4.69, 9.17) is 0 Å². The van der Waals surface area contributed by atoms with Gasteiger partial charge in [0.25, 0.3) is 5.91 Å². The van der Waals surface area contributed by atoms with Crippen molar-refractivity contribution in [3.05, 3.63) is 64.3 Å². The molecule has 0 spiro atoms. The van der Waals surface area contributed by atoms with Crippen LogP contribution < -0.4 is 10.2 Å². The molecule has 1 N–H and O–H groups in total. The zero-order chi connectivity index (χ0) is 19.8. The van der Waals surface area contributed by atoms with Crippen molar-refractivity contribution in [2.75, 3.05) is 16.8 Å². The van der Waals surface area contributed by atoms with Gasteiger partial charge >= 0.3 is 0 Å². The van der Waals surface area contributed by atoms with Crippen LogP contribution in [0, 0.1) is 12.7 Å². The first-order valence-electron chi connectivity index (χ1n) is 8.88. The van der Waals surface area contributed by atoms with Crippen LogP contribution in [0.1, 0.15) is 27.7 Å². The van der Waals surface area contributed by atoms with Crippen LogP contribution in [0.5, 0.6) is 0 Å². The molecule has 0 atom stereocenters. The van der Waals surface area contributed by atoms with E-state index in [-0.39, 0.29) is 11.5 Å². The number of benzene rings is 2. The number of aromatic nitrogens is 1. The third-order valence-electron chi connectivity index (χ3n) is 4.73. The highest BCUT2D eigenvalue weighted by molar-refractivity contribution is 7.16. The van der Waals surface area contributed by atoms with Crippen LogP contribution in [0.3, 0.4) is 0 Å². The standard InChI is InChI=1S/C21H18FN3O2S/c1-12-19(15-6-7-18-14(10-15)8-9-25(18)13(2)26)23-21(28-12)24-20(27)16-4-3-5-17(22)11-16/h3-7,10-11H,8-9H2,1-2H3,(H,23,24,27). The Hall–Kier alpha value is -3.06. The number of amides is 2. The molecule has 0 unspecified atom stereocenters. The Morgan fingerprint density at radius 2 is 2.04 bits per heavy atom. The fourth-order valence-electron chi connectivity index (χ4n) is 3.39. The lowest BCUT2D eigenvalue weighted by Gasteiger charge is -2.14. The van der Waals surface area contributed by atoms with E-state index in [0.29, 0.717) is 11.7 Å². The van der Waals surface area contributed by atoms with Crippen LogP contribution in [-0.4, -0.2) is 23.3 Å². The zero-order valence-electron chi connectivity index (χ0n) is 15.5. The van der Waals surface area contributed by atoms with Gasteiger partial charge in [0.1, 0.15) is 5.82 Å². The Kier molecular flexibility index (Phi) is 4.68. The van der Waals surface area contributed by atoms with Gasteiger partial charge in [0.2, 0.25) is 5.91 Å². The summed E-state index contributed by atoms with van der Waals surface area (Å²) in [4.78, 5) is 31.3. The van der Waals surface area contributed by atoms with E-state index in [0.717, 1.165) is 33.8 Å². The Labute approximate surface area is 165 Å². The van der Waals surface area contributed by atoms with Gasteiger partial charge in [-0.15, -0.1) is 11.3 Å². The molecule has 4 rings (SSSR count). The normalized spacial score (nSPS) is 12.8. The van der Waals surface area contributed by atoms with Gasteiger partial charge in [0.15, 0.2) is 5.13 Å². The van der Waals surface area contributed by atoms with Crippen molar-refractivity contribution >= 4 is 34.0 Å². The number of thiazole rings is 1. The fraction of sp³-hybridized carbons (Fsp3) is 0.190. The average molecular weight is 395 g/mol. The fourth-order valence-corrected chi connectivity index (χ4v) is 4.22. The number of anilines is 2. The Balaban J connectivity index is 1.58. The molecular formula is C21H18FN3O2S. The second-order valence-electron chi connectivity index (χ2n) is 6.65. The van der Waals surface area contributed by atoms with Crippen LogP contribution in [0.2, 0.25) is 0 Å². The molecule has 28 heavy (non-hydrogen) atoms. The number of hydrogen-bond acceptors (Lipinski definition) is 4. The monoisotopic (exact) mass is 395 g/mol. The minimum absolute atomic E-state index is 0.0405. The van der Waals surface area contributed by atoms with E-state index in [1.54, 1.807) is 17.9 Å². The quantitative estimate of drug-likeness (QED) is 0.714. The highest BCUT2D eigenvalue weighted by atomic mass is 32.1. The van der Waals surface area contributed by atoms with Crippen molar-refractivity contribution in [2.24, 2.45) is 0 Å². The minimum atomic E-state index is -0.457. The number of rotatable bonds is 3. The molecule has 3 aromatic rings. The largest absolute Gasteiger partial charge is 0.312 e. The van der Waals surface area contributed by atoms with E-state index >= 15 is 0 Å². The third kappa shape index (κ3) is 3.41. The first-order chi connectivity index (χ1) is 13.4. The number of fused-ring (bicyclic) bond motifs is 1. The van der Waals surface area contributed by atoms with Crippen molar-refractivity contribution in [1.82, 2.24) is 4.98 Å². The Bertz CT molecular complexity index is 1090. The van der Waals surface area contributed by atoms with Gasteiger partial charge in [-0.25, -0.2) is 9.37 Å². The Morgan fingerprint density at radius 1 is 1.21 bits per heavy atom. The molecule has 2 heterocycles. The van der Waals surface area contributed by atoms with E-state index in [2.05, 4.69) is 16.4 Å². The van der Waals surface area contributed by atoms with E-state index in [1.165, 1.54) is 29.5 Å². The summed E-state index contributed by atoms with van der Waals surface area (Å²) in [7, 11) is 0. The highest BCUT2D eigenvalue weighted by Gasteiger charge is 2.23. The molecule has 0 bridgehead atoms. The molecule has 1 aromatic heterocycles. The summed E-state index contributed by atoms with van der Waals surface area (Å²) < 4.78 is 13.3. The molecule has 7 heteroatoms. The molecule has 5 nitrogen and oxygen atoms in total. The van der Waals surface area contributed by atoms with Crippen molar-refractivity contribution in [3.63, 3.8) is 0 Å². The highest BCUT2D eigenvalue weighted by Crippen LogP contribution is 2.35. The second-order valence-corrected chi connectivity index (χ2v) is 7.86. The van der Waals surface area contributed by atoms with Gasteiger partial charge in [-0.1, -0.05) is 12.1 Å². The van der Waals surface area contributed by atoms with Crippen molar-refractivity contribution in [2.45, 2.75) is 20.3 Å². The summed E-state index contributed by atoms with van der Waals surface area (Å²) in [6, 6.07) is 11.5. The van der Waals surface area contributed by atoms with Crippen molar-refractivity contribution in [3.8, 4) is 11.3 Å². The number of carbonyl (C=O) groups is 2. The van der Waals surface area contributed by atoms with Crippen LogP contribution in [0.4, 0.5) is 15.2 Å². The molecule has 0 aliphatic carbocycles. The third-order valence-corrected chi connectivity index (χ3v) is 5.62. The maximum atomic E-state index is 13.3. The maximum absolute atomic E-state index is 13.3. The van der Waals surface area contributed by atoms with Gasteiger partial charge in [0.05, 0.1) is 5.69 Å². The molecular weight excluding hydrogens is 377 g/mol. The molecule has 0 fully saturated rings. The number of aryl methyl sites for hydroxylation is 1. The number of halogens is 1. The van der Waals surface area contributed by atoms with E-state index < -0.39 is 11.7 Å². The lowest BCUT2D eigenvalue weighted by Crippen LogP contribution is -2.25. The molecule has 0 saturated heterocycles. The minimum Gasteiger partial charge on any atom is -0.312 e. The van der Waals surface area contributed by atoms with E-state index in [9.17, 15) is 14.0 Å². The predicted octanol–water partition coefficient (Wildman–Crippen LogP) is 4.42. The van der Waals surface area contributed by atoms with Crippen LogP contribution in [0.15, 0.2) is 42.5 Å². The summed E-state index contributed by atoms with van der Waals surface area (Å²) in [6.45, 7) is 4.21. The number of carbonyl (C=O) groups excluding carboxylic acids is 2. The Morgan fingerprint density at radius 3 is 2.79 bits per heavy atom. The van der Waals surface area contributed by atoms with Crippen molar-refractivity contribution < 1.29 is 14.0 Å². The number of nitrogens with one attached hydrogen (secondary N) is 1. The van der Waals surface area contributed by atoms with Gasteiger partial charge in [0, 0.05) is 35.2 Å². The lowest BCUT2D eigenvalue weighted by molar-refractivity contribution is -0.116. The summed E-state index contributed by atoms with van der Waals surface area (Å²) >= 11 is 1.37. The number of hydrogen-bond donors (Lipinski definition) is 1. The number of nitrogens with zero attached hydrogens (tertiary/aromatic N) is 2. The zero-order valence-corrected chi connectivity index (χ0v) is 16.3. The first kappa shape index (κ1) is 18.3. The summed E-state index contributed by atoms with van der Waals surface area (Å²) in [6.07, 6.45) is 0.815. The van der Waals surface area contributed by atoms with Crippen LogP contribution in [0.25, 0.3) is 11.3 Å². The van der Waals surface area contributed by atoms with E-state index in [1.807, 2.05) is 19.1 Å². The summed E-state index contributed by atoms with van der Waals surface area (Å²) in [5, 5.41) is 3.21. The SMILES string of the molecule is CC(=O)N1CCc2cc(-c3nc(NC(=O)c4cccc(F)c4)sc3C)ccc21. The molecule has 142 valence electrons. The molecule has 0 radical (unpaired) electrons. The van der Waals surface area contributed by atoms with Gasteiger partial charge in [-0.05, 0) is 49.2 Å². The molecule has 0 saturated carbocycles. The second kappa shape index (κ2) is 7.16. The van der Waals surface area contributed by atoms with Gasteiger partial charge < -0.3 is 4.90 Å². The molecule has 1 aliphatic heterocycles. The summed E-state index contributed by atoms with van der Waals surface area (Å²) in [5.41, 5.74) is 4.05. The lowest BCUT2D eigenvalue weighted by atomic mass is 10.1. The maximum Gasteiger partial charge on any atom is 0.257 e. The summed E-state index contributed by atoms with van der Waals surface area (Å²) in [5.74, 6) is -0.814. The van der Waals surface area contributed by atoms with Crippen LogP contribution in [-0.2, 0) is 11.2 Å². The van der Waals surface area contributed by atoms with Crippen molar-refractivity contribution in [1.29, 1.82) is 0 Å². The van der Waals surface area contributed by atoms with Gasteiger partial charge in [-0.2, -0.15) is 0 Å². The van der Waals surface area contributed by atoms with Gasteiger partial charge in [-0.3, -0.25) is 14.9 Å². The molecule has 1 aliphatic rings. The molecule has 2 amide bonds. The first-order valence-corrected chi connectivity index (χ1v) is 9.70. The molecule has 2 aromatic carbocycles. The predicted molar refractivity (Wildman–Crippen MR) is 108 cm³/mol. The smallest absolute Gasteiger partial charge is 0.257 e.